The van der Waals surface area contributed by atoms with Gasteiger partial charge in [-0.05, 0) is 29.8 Å². The summed E-state index contributed by atoms with van der Waals surface area (Å²) in [6.45, 7) is 0. The number of carbonyl (C=O) groups is 1. The number of H-pyrrole nitrogens is 1. The third-order valence-corrected chi connectivity index (χ3v) is 3.50. The lowest BCUT2D eigenvalue weighted by Gasteiger charge is -2.04. The van der Waals surface area contributed by atoms with E-state index < -0.39 is 11.7 Å². The van der Waals surface area contributed by atoms with Gasteiger partial charge < -0.3 is 5.32 Å². The van der Waals surface area contributed by atoms with Crippen LogP contribution in [0, 0.1) is 23.0 Å². The van der Waals surface area contributed by atoms with Gasteiger partial charge in [0.15, 0.2) is 0 Å². The molecule has 7 heteroatoms. The van der Waals surface area contributed by atoms with Crippen LogP contribution in [-0.2, 0) is 4.79 Å². The van der Waals surface area contributed by atoms with Crippen molar-refractivity contribution >= 4 is 34.6 Å². The summed E-state index contributed by atoms with van der Waals surface area (Å²) < 4.78 is 26.9. The van der Waals surface area contributed by atoms with Crippen molar-refractivity contribution in [2.45, 2.75) is 6.42 Å². The third-order valence-electron chi connectivity index (χ3n) is 3.50. The van der Waals surface area contributed by atoms with Crippen molar-refractivity contribution in [2.24, 2.45) is 0 Å². The molecule has 0 bridgehead atoms. The van der Waals surface area contributed by atoms with Crippen LogP contribution in [0.2, 0.25) is 0 Å². The van der Waals surface area contributed by atoms with Crippen LogP contribution in [0.25, 0.3) is 23.1 Å². The summed E-state index contributed by atoms with van der Waals surface area (Å²) in [5, 5.41) is 18.3. The molecule has 0 atom stereocenters. The number of nitriles is 1. The zero-order valence-electron chi connectivity index (χ0n) is 12.9. The van der Waals surface area contributed by atoms with E-state index in [1.807, 2.05) is 0 Å². The zero-order valence-corrected chi connectivity index (χ0v) is 12.9. The number of hydrogen-bond donors (Lipinski definition) is 2. The molecule has 5 nitrogen and oxygen atoms in total. The van der Waals surface area contributed by atoms with Gasteiger partial charge in [0.05, 0.1) is 23.0 Å². The molecule has 0 radical (unpaired) electrons. The topological polar surface area (TPSA) is 81.6 Å². The molecule has 0 aliphatic rings. The molecule has 0 aliphatic carbocycles. The Morgan fingerprint density at radius 3 is 2.72 bits per heavy atom. The molecule has 0 saturated heterocycles. The fourth-order valence-electron chi connectivity index (χ4n) is 2.30. The molecular formula is C18H12F2N4O. The number of aromatic nitrogens is 2. The number of benzene rings is 2. The van der Waals surface area contributed by atoms with E-state index in [9.17, 15) is 13.6 Å². The first-order valence-electron chi connectivity index (χ1n) is 7.35. The van der Waals surface area contributed by atoms with Gasteiger partial charge in [0.2, 0.25) is 5.91 Å². The van der Waals surface area contributed by atoms with Gasteiger partial charge in [-0.25, -0.2) is 8.78 Å². The number of hydrogen-bond acceptors (Lipinski definition) is 3. The Hall–Kier alpha value is -3.53. The Balaban J connectivity index is 1.92. The minimum absolute atomic E-state index is 0.0226. The number of nitrogens with zero attached hydrogens (tertiary/aromatic N) is 2. The summed E-state index contributed by atoms with van der Waals surface area (Å²) in [6, 6.07) is 10.3. The molecule has 0 fully saturated rings. The molecule has 2 N–H and O–H groups in total. The molecule has 3 rings (SSSR count). The summed E-state index contributed by atoms with van der Waals surface area (Å²) in [7, 11) is 0. The van der Waals surface area contributed by atoms with Crippen LogP contribution in [0.3, 0.4) is 0 Å². The van der Waals surface area contributed by atoms with Gasteiger partial charge in [0.1, 0.15) is 18.1 Å². The van der Waals surface area contributed by atoms with E-state index >= 15 is 0 Å². The molecular weight excluding hydrogens is 326 g/mol. The molecule has 1 aromatic heterocycles. The molecule has 0 unspecified atom stereocenters. The lowest BCUT2D eigenvalue weighted by atomic mass is 10.1. The summed E-state index contributed by atoms with van der Waals surface area (Å²) in [5.74, 6) is -1.54. The summed E-state index contributed by atoms with van der Waals surface area (Å²) in [6.07, 6.45) is 3.08. The number of amides is 1. The van der Waals surface area contributed by atoms with Crippen molar-refractivity contribution in [1.82, 2.24) is 10.2 Å². The number of halogens is 2. The van der Waals surface area contributed by atoms with Crippen molar-refractivity contribution in [2.75, 3.05) is 5.32 Å². The normalized spacial score (nSPS) is 10.9. The highest BCUT2D eigenvalue weighted by molar-refractivity contribution is 5.97. The number of nitrogens with one attached hydrogen (secondary N) is 2. The first kappa shape index (κ1) is 16.3. The number of carbonyl (C=O) groups excluding carboxylic acids is 1. The van der Waals surface area contributed by atoms with Crippen LogP contribution in [0.15, 0.2) is 36.4 Å². The number of anilines is 1. The van der Waals surface area contributed by atoms with Gasteiger partial charge in [-0.2, -0.15) is 10.4 Å². The average Bonchev–Trinajstić information content (AvgIpc) is 2.97. The van der Waals surface area contributed by atoms with E-state index in [2.05, 4.69) is 15.5 Å². The second-order valence-corrected chi connectivity index (χ2v) is 5.25. The van der Waals surface area contributed by atoms with Gasteiger partial charge in [-0.15, -0.1) is 0 Å². The Kier molecular flexibility index (Phi) is 4.53. The van der Waals surface area contributed by atoms with E-state index in [0.717, 1.165) is 5.56 Å². The maximum absolute atomic E-state index is 14.0. The van der Waals surface area contributed by atoms with E-state index in [1.165, 1.54) is 24.3 Å². The zero-order chi connectivity index (χ0) is 17.8. The molecule has 3 aromatic rings. The van der Waals surface area contributed by atoms with Gasteiger partial charge in [-0.1, -0.05) is 18.2 Å². The minimum atomic E-state index is -0.628. The van der Waals surface area contributed by atoms with Crippen LogP contribution in [0.1, 0.15) is 17.7 Å². The maximum atomic E-state index is 14.0. The van der Waals surface area contributed by atoms with Crippen molar-refractivity contribution in [3.05, 3.63) is 59.3 Å². The maximum Gasteiger partial charge on any atom is 0.238 e. The van der Waals surface area contributed by atoms with Crippen molar-refractivity contribution in [3.8, 4) is 6.07 Å². The lowest BCUT2D eigenvalue weighted by molar-refractivity contribution is -0.115. The molecule has 1 heterocycles. The second kappa shape index (κ2) is 6.93. The van der Waals surface area contributed by atoms with E-state index in [4.69, 9.17) is 5.26 Å². The number of fused-ring (bicyclic) bond motifs is 1. The molecule has 2 aromatic carbocycles. The highest BCUT2D eigenvalue weighted by atomic mass is 19.1. The van der Waals surface area contributed by atoms with Crippen molar-refractivity contribution in [1.29, 1.82) is 5.26 Å². The molecule has 25 heavy (non-hydrogen) atoms. The van der Waals surface area contributed by atoms with Crippen LogP contribution in [0.4, 0.5) is 14.5 Å². The first-order chi connectivity index (χ1) is 12.1. The number of rotatable bonds is 4. The van der Waals surface area contributed by atoms with Gasteiger partial charge in [0, 0.05) is 11.5 Å². The average molecular weight is 338 g/mol. The summed E-state index contributed by atoms with van der Waals surface area (Å²) >= 11 is 0. The van der Waals surface area contributed by atoms with E-state index in [-0.39, 0.29) is 17.9 Å². The smallest absolute Gasteiger partial charge is 0.238 e. The molecule has 0 saturated carbocycles. The monoisotopic (exact) mass is 338 g/mol. The molecule has 0 spiro atoms. The van der Waals surface area contributed by atoms with Crippen LogP contribution in [-0.4, -0.2) is 16.1 Å². The quantitative estimate of drug-likeness (QED) is 0.758. The molecule has 1 amide bonds. The SMILES string of the molecule is N#CCC(=O)Nc1cc2c(/C=C/c3ccc(F)cc3)n[nH]c2cc1F. The second-order valence-electron chi connectivity index (χ2n) is 5.25. The predicted molar refractivity (Wildman–Crippen MR) is 90.2 cm³/mol. The largest absolute Gasteiger partial charge is 0.323 e. The highest BCUT2D eigenvalue weighted by Crippen LogP contribution is 2.25. The fourth-order valence-corrected chi connectivity index (χ4v) is 2.30. The lowest BCUT2D eigenvalue weighted by Crippen LogP contribution is -2.11. The Morgan fingerprint density at radius 2 is 2.00 bits per heavy atom. The van der Waals surface area contributed by atoms with Gasteiger partial charge in [0.25, 0.3) is 0 Å². The van der Waals surface area contributed by atoms with Crippen molar-refractivity contribution in [3.63, 3.8) is 0 Å². The predicted octanol–water partition coefficient (Wildman–Crippen LogP) is 3.86. The highest BCUT2D eigenvalue weighted by Gasteiger charge is 2.11. The Bertz CT molecular complexity index is 1000. The minimum Gasteiger partial charge on any atom is -0.323 e. The van der Waals surface area contributed by atoms with Crippen molar-refractivity contribution < 1.29 is 13.6 Å². The van der Waals surface area contributed by atoms with Crippen LogP contribution < -0.4 is 5.32 Å². The Labute approximate surface area is 141 Å². The van der Waals surface area contributed by atoms with E-state index in [0.29, 0.717) is 16.6 Å². The van der Waals surface area contributed by atoms with E-state index in [1.54, 1.807) is 30.4 Å². The fraction of sp³-hybridized carbons (Fsp3) is 0.0556. The number of aromatic amines is 1. The molecule has 124 valence electrons. The third kappa shape index (κ3) is 3.70. The Morgan fingerprint density at radius 1 is 1.24 bits per heavy atom. The van der Waals surface area contributed by atoms with Gasteiger partial charge >= 0.3 is 0 Å². The van der Waals surface area contributed by atoms with Crippen LogP contribution >= 0.6 is 0 Å². The standard InChI is InChI=1S/C18H12F2N4O/c19-12-4-1-11(2-5-12)3-6-15-13-9-17(22-18(25)7-8-21)14(20)10-16(13)24-23-15/h1-6,9-10H,7H2,(H,22,25)(H,23,24)/b6-3+. The first-order valence-corrected chi connectivity index (χ1v) is 7.35. The van der Waals surface area contributed by atoms with Crippen LogP contribution in [0.5, 0.6) is 0 Å². The summed E-state index contributed by atoms with van der Waals surface area (Å²) in [4.78, 5) is 11.5. The summed E-state index contributed by atoms with van der Waals surface area (Å²) in [5.41, 5.74) is 1.76. The molecule has 0 aliphatic heterocycles. The van der Waals surface area contributed by atoms with Gasteiger partial charge in [-0.3, -0.25) is 9.89 Å².